The summed E-state index contributed by atoms with van der Waals surface area (Å²) in [6.07, 6.45) is 0. The van der Waals surface area contributed by atoms with Gasteiger partial charge in [0.05, 0.1) is 12.3 Å². The molecule has 1 fully saturated rings. The summed E-state index contributed by atoms with van der Waals surface area (Å²) < 4.78 is 26.0. The molecule has 3 aromatic rings. The van der Waals surface area contributed by atoms with E-state index in [4.69, 9.17) is 9.47 Å². The number of ether oxygens (including phenoxy) is 2. The Morgan fingerprint density at radius 1 is 0.917 bits per heavy atom. The predicted molar refractivity (Wildman–Crippen MR) is 142 cm³/mol. The summed E-state index contributed by atoms with van der Waals surface area (Å²) >= 11 is 0. The maximum Gasteiger partial charge on any atom is 0.253 e. The molecule has 1 saturated heterocycles. The van der Waals surface area contributed by atoms with E-state index in [1.807, 2.05) is 47.1 Å². The number of nitrogens with zero attached hydrogens (tertiary/aromatic N) is 2. The SMILES string of the molecule is CCOc1ccc(C(=O)N2CCN(c3ccccc3F)CC2)cc1COc1ccc(C(C)(C)C)cc1. The molecule has 190 valence electrons. The van der Waals surface area contributed by atoms with E-state index in [0.29, 0.717) is 56.4 Å². The summed E-state index contributed by atoms with van der Waals surface area (Å²) in [5.74, 6) is 1.21. The molecule has 0 aromatic heterocycles. The Labute approximate surface area is 213 Å². The van der Waals surface area contributed by atoms with Crippen LogP contribution < -0.4 is 14.4 Å². The van der Waals surface area contributed by atoms with Crippen LogP contribution in [0.2, 0.25) is 0 Å². The highest BCUT2D eigenvalue weighted by Crippen LogP contribution is 2.27. The first-order chi connectivity index (χ1) is 17.3. The average Bonchev–Trinajstić information content (AvgIpc) is 2.88. The van der Waals surface area contributed by atoms with Crippen molar-refractivity contribution in [1.29, 1.82) is 0 Å². The normalized spacial score (nSPS) is 14.0. The number of benzene rings is 3. The van der Waals surface area contributed by atoms with Gasteiger partial charge in [0.2, 0.25) is 0 Å². The molecule has 0 saturated carbocycles. The second kappa shape index (κ2) is 11.0. The first-order valence-corrected chi connectivity index (χ1v) is 12.5. The fourth-order valence-corrected chi connectivity index (χ4v) is 4.38. The van der Waals surface area contributed by atoms with Crippen LogP contribution >= 0.6 is 0 Å². The summed E-state index contributed by atoms with van der Waals surface area (Å²) in [7, 11) is 0. The standard InChI is InChI=1S/C30H35FN2O3/c1-5-35-28-15-10-22(20-23(28)21-36-25-13-11-24(12-14-25)30(2,3)4)29(34)33-18-16-32(17-19-33)27-9-7-6-8-26(27)31/h6-15,20H,5,16-19,21H2,1-4H3. The minimum atomic E-state index is -0.235. The van der Waals surface area contributed by atoms with Crippen LogP contribution in [-0.4, -0.2) is 43.6 Å². The van der Waals surface area contributed by atoms with Crippen LogP contribution in [0, 0.1) is 5.82 Å². The molecule has 6 heteroatoms. The van der Waals surface area contributed by atoms with Gasteiger partial charge in [0.25, 0.3) is 5.91 Å². The van der Waals surface area contributed by atoms with E-state index >= 15 is 0 Å². The van der Waals surface area contributed by atoms with E-state index in [-0.39, 0.29) is 17.1 Å². The van der Waals surface area contributed by atoms with Gasteiger partial charge >= 0.3 is 0 Å². The van der Waals surface area contributed by atoms with E-state index in [2.05, 4.69) is 32.9 Å². The van der Waals surface area contributed by atoms with Crippen molar-refractivity contribution in [3.63, 3.8) is 0 Å². The zero-order chi connectivity index (χ0) is 25.7. The van der Waals surface area contributed by atoms with Crippen LogP contribution in [0.1, 0.15) is 49.2 Å². The molecule has 0 atom stereocenters. The molecule has 5 nitrogen and oxygen atoms in total. The van der Waals surface area contributed by atoms with Gasteiger partial charge in [-0.05, 0) is 60.4 Å². The van der Waals surface area contributed by atoms with Gasteiger partial charge in [-0.25, -0.2) is 4.39 Å². The summed E-state index contributed by atoms with van der Waals surface area (Å²) in [5, 5.41) is 0. The van der Waals surface area contributed by atoms with Gasteiger partial charge in [-0.15, -0.1) is 0 Å². The fraction of sp³-hybridized carbons (Fsp3) is 0.367. The third kappa shape index (κ3) is 5.99. The predicted octanol–water partition coefficient (Wildman–Crippen LogP) is 6.06. The first kappa shape index (κ1) is 25.5. The lowest BCUT2D eigenvalue weighted by molar-refractivity contribution is 0.0746. The largest absolute Gasteiger partial charge is 0.493 e. The number of hydrogen-bond acceptors (Lipinski definition) is 4. The van der Waals surface area contributed by atoms with E-state index in [0.717, 1.165) is 11.3 Å². The van der Waals surface area contributed by atoms with E-state index in [1.165, 1.54) is 11.6 Å². The van der Waals surface area contributed by atoms with Crippen LogP contribution in [-0.2, 0) is 12.0 Å². The molecule has 1 heterocycles. The van der Waals surface area contributed by atoms with Gasteiger partial charge in [-0.2, -0.15) is 0 Å². The Kier molecular flexibility index (Phi) is 7.82. The van der Waals surface area contributed by atoms with Gasteiger partial charge in [-0.3, -0.25) is 4.79 Å². The number of carbonyl (C=O) groups is 1. The number of rotatable bonds is 7. The number of hydrogen-bond donors (Lipinski definition) is 0. The Balaban J connectivity index is 1.43. The average molecular weight is 491 g/mol. The van der Waals surface area contributed by atoms with E-state index in [1.54, 1.807) is 18.2 Å². The number of halogens is 1. The Morgan fingerprint density at radius 2 is 1.61 bits per heavy atom. The van der Waals surface area contributed by atoms with E-state index < -0.39 is 0 Å². The van der Waals surface area contributed by atoms with Crippen LogP contribution in [0.5, 0.6) is 11.5 Å². The molecule has 4 rings (SSSR count). The molecule has 0 N–H and O–H groups in total. The molecular weight excluding hydrogens is 455 g/mol. The summed E-state index contributed by atoms with van der Waals surface area (Å²) in [5.41, 5.74) is 3.33. The third-order valence-electron chi connectivity index (χ3n) is 6.48. The maximum atomic E-state index is 14.2. The zero-order valence-corrected chi connectivity index (χ0v) is 21.6. The van der Waals surface area contributed by atoms with E-state index in [9.17, 15) is 9.18 Å². The number of amides is 1. The lowest BCUT2D eigenvalue weighted by Crippen LogP contribution is -2.49. The van der Waals surface area contributed by atoms with Crippen molar-refractivity contribution >= 4 is 11.6 Å². The van der Waals surface area contributed by atoms with Crippen LogP contribution in [0.4, 0.5) is 10.1 Å². The molecule has 3 aromatic carbocycles. The van der Waals surface area contributed by atoms with Crippen molar-refractivity contribution in [3.8, 4) is 11.5 Å². The smallest absolute Gasteiger partial charge is 0.253 e. The minimum Gasteiger partial charge on any atom is -0.493 e. The highest BCUT2D eigenvalue weighted by molar-refractivity contribution is 5.94. The minimum absolute atomic E-state index is 0.0398. The van der Waals surface area contributed by atoms with Crippen molar-refractivity contribution in [1.82, 2.24) is 4.90 Å². The Morgan fingerprint density at radius 3 is 2.25 bits per heavy atom. The van der Waals surface area contributed by atoms with Gasteiger partial charge in [0.15, 0.2) is 0 Å². The van der Waals surface area contributed by atoms with Crippen molar-refractivity contribution < 1.29 is 18.7 Å². The molecule has 1 amide bonds. The third-order valence-corrected chi connectivity index (χ3v) is 6.48. The highest BCUT2D eigenvalue weighted by atomic mass is 19.1. The highest BCUT2D eigenvalue weighted by Gasteiger charge is 2.24. The van der Waals surface area contributed by atoms with Crippen LogP contribution in [0.3, 0.4) is 0 Å². The molecule has 0 unspecified atom stereocenters. The van der Waals surface area contributed by atoms with Crippen LogP contribution in [0.25, 0.3) is 0 Å². The molecule has 0 spiro atoms. The number of para-hydroxylation sites is 1. The summed E-state index contributed by atoms with van der Waals surface area (Å²) in [6.45, 7) is 11.5. The molecule has 36 heavy (non-hydrogen) atoms. The van der Waals surface area contributed by atoms with Crippen molar-refractivity contribution in [3.05, 3.63) is 89.2 Å². The second-order valence-corrected chi connectivity index (χ2v) is 10.0. The first-order valence-electron chi connectivity index (χ1n) is 12.5. The van der Waals surface area contributed by atoms with Gasteiger partial charge in [-0.1, -0.05) is 45.0 Å². The molecule has 1 aliphatic rings. The lowest BCUT2D eigenvalue weighted by atomic mass is 9.87. The zero-order valence-electron chi connectivity index (χ0n) is 21.6. The van der Waals surface area contributed by atoms with Gasteiger partial charge < -0.3 is 19.3 Å². The molecule has 0 radical (unpaired) electrons. The fourth-order valence-electron chi connectivity index (χ4n) is 4.38. The Hall–Kier alpha value is -3.54. The maximum absolute atomic E-state index is 14.2. The number of anilines is 1. The molecular formula is C30H35FN2O3. The topological polar surface area (TPSA) is 42.0 Å². The summed E-state index contributed by atoms with van der Waals surface area (Å²) in [6, 6.07) is 20.4. The van der Waals surface area contributed by atoms with Crippen molar-refractivity contribution in [2.24, 2.45) is 0 Å². The monoisotopic (exact) mass is 490 g/mol. The van der Waals surface area contributed by atoms with Crippen molar-refractivity contribution in [2.45, 2.75) is 39.7 Å². The van der Waals surface area contributed by atoms with Gasteiger partial charge in [0.1, 0.15) is 23.9 Å². The molecule has 0 bridgehead atoms. The number of carbonyl (C=O) groups excluding carboxylic acids is 1. The van der Waals surface area contributed by atoms with Gasteiger partial charge in [0, 0.05) is 37.3 Å². The van der Waals surface area contributed by atoms with Crippen molar-refractivity contribution in [2.75, 3.05) is 37.7 Å². The quantitative estimate of drug-likeness (QED) is 0.404. The lowest BCUT2D eigenvalue weighted by Gasteiger charge is -2.36. The second-order valence-electron chi connectivity index (χ2n) is 10.0. The van der Waals surface area contributed by atoms with Crippen LogP contribution in [0.15, 0.2) is 66.7 Å². The molecule has 0 aliphatic carbocycles. The Bertz CT molecular complexity index is 1180. The molecule has 1 aliphatic heterocycles. The summed E-state index contributed by atoms with van der Waals surface area (Å²) in [4.78, 5) is 17.1. The number of piperazine rings is 1.